The van der Waals surface area contributed by atoms with Gasteiger partial charge in [-0.25, -0.2) is 8.42 Å². The third kappa shape index (κ3) is 5.19. The number of benzene rings is 2. The number of hydrogen-bond donors (Lipinski definition) is 2. The monoisotopic (exact) mass is 402 g/mol. The summed E-state index contributed by atoms with van der Waals surface area (Å²) in [6.45, 7) is 7.11. The van der Waals surface area contributed by atoms with Gasteiger partial charge >= 0.3 is 0 Å². The van der Waals surface area contributed by atoms with E-state index in [4.69, 9.17) is 0 Å². The number of sulfone groups is 1. The Balaban J connectivity index is 2.13. The summed E-state index contributed by atoms with van der Waals surface area (Å²) in [4.78, 5) is 25.5. The number of carbonyl (C=O) groups is 2. The Kier molecular flexibility index (Phi) is 6.96. The van der Waals surface area contributed by atoms with E-state index in [0.717, 1.165) is 5.56 Å². The fraction of sp³-hybridized carbons (Fsp3) is 0.333. The first-order chi connectivity index (χ1) is 13.2. The highest BCUT2D eigenvalue weighted by atomic mass is 32.2. The molecule has 2 rings (SSSR count). The van der Waals surface area contributed by atoms with Crippen LogP contribution < -0.4 is 10.6 Å². The molecule has 1 atom stereocenters. The number of anilines is 1. The minimum Gasteiger partial charge on any atom is -0.340 e. The van der Waals surface area contributed by atoms with Crippen LogP contribution in [-0.4, -0.2) is 32.0 Å². The SMILES string of the molecule is CCS(=O)(=O)c1ccc(NC(=O)[C@@H](NC(=O)c2ccccc2C)C(C)C)cc1. The second kappa shape index (κ2) is 9.01. The van der Waals surface area contributed by atoms with Gasteiger partial charge in [0.05, 0.1) is 10.6 Å². The normalized spacial score (nSPS) is 12.5. The largest absolute Gasteiger partial charge is 0.340 e. The molecule has 0 saturated heterocycles. The standard InChI is InChI=1S/C21H26N2O4S/c1-5-28(26,27)17-12-10-16(11-13-17)22-21(25)19(14(2)3)23-20(24)18-9-7-6-8-15(18)4/h6-14,19H,5H2,1-4H3,(H,22,25)(H,23,24)/t19-/m0/s1. The molecule has 0 aromatic heterocycles. The lowest BCUT2D eigenvalue weighted by atomic mass is 10.0. The number of nitrogens with one attached hydrogen (secondary N) is 2. The van der Waals surface area contributed by atoms with Crippen molar-refractivity contribution in [2.75, 3.05) is 11.1 Å². The van der Waals surface area contributed by atoms with Gasteiger partial charge in [-0.1, -0.05) is 39.0 Å². The molecule has 0 aliphatic rings. The zero-order valence-corrected chi connectivity index (χ0v) is 17.3. The molecule has 2 aromatic rings. The van der Waals surface area contributed by atoms with Crippen molar-refractivity contribution in [1.29, 1.82) is 0 Å². The summed E-state index contributed by atoms with van der Waals surface area (Å²) in [7, 11) is -3.29. The zero-order chi connectivity index (χ0) is 20.9. The lowest BCUT2D eigenvalue weighted by Gasteiger charge is -2.22. The molecule has 2 N–H and O–H groups in total. The van der Waals surface area contributed by atoms with E-state index in [1.54, 1.807) is 31.2 Å². The first-order valence-corrected chi connectivity index (χ1v) is 10.8. The summed E-state index contributed by atoms with van der Waals surface area (Å²) in [5.41, 5.74) is 1.82. The molecule has 0 unspecified atom stereocenters. The maximum Gasteiger partial charge on any atom is 0.252 e. The molecule has 0 bridgehead atoms. The first kappa shape index (κ1) is 21.6. The van der Waals surface area contributed by atoms with E-state index >= 15 is 0 Å². The highest BCUT2D eigenvalue weighted by molar-refractivity contribution is 7.91. The summed E-state index contributed by atoms with van der Waals surface area (Å²) in [5.74, 6) is -0.786. The average Bonchev–Trinajstić information content (AvgIpc) is 2.66. The highest BCUT2D eigenvalue weighted by Crippen LogP contribution is 2.17. The lowest BCUT2D eigenvalue weighted by Crippen LogP contribution is -2.47. The summed E-state index contributed by atoms with van der Waals surface area (Å²) in [6.07, 6.45) is 0. The smallest absolute Gasteiger partial charge is 0.252 e. The van der Waals surface area contributed by atoms with Crippen LogP contribution in [0, 0.1) is 12.8 Å². The highest BCUT2D eigenvalue weighted by Gasteiger charge is 2.25. The van der Waals surface area contributed by atoms with Crippen LogP contribution in [-0.2, 0) is 14.6 Å². The predicted molar refractivity (Wildman–Crippen MR) is 110 cm³/mol. The molecule has 2 amide bonds. The van der Waals surface area contributed by atoms with Crippen molar-refractivity contribution in [2.45, 2.75) is 38.6 Å². The van der Waals surface area contributed by atoms with E-state index < -0.39 is 15.9 Å². The molecule has 0 aliphatic heterocycles. The van der Waals surface area contributed by atoms with Gasteiger partial charge in [0.1, 0.15) is 6.04 Å². The third-order valence-corrected chi connectivity index (χ3v) is 6.24. The van der Waals surface area contributed by atoms with E-state index in [9.17, 15) is 18.0 Å². The lowest BCUT2D eigenvalue weighted by molar-refractivity contribution is -0.118. The maximum absolute atomic E-state index is 12.7. The topological polar surface area (TPSA) is 92.3 Å². The Hall–Kier alpha value is -2.67. The van der Waals surface area contributed by atoms with Crippen LogP contribution in [0.1, 0.15) is 36.7 Å². The molecule has 0 radical (unpaired) electrons. The Labute approximate surface area is 166 Å². The van der Waals surface area contributed by atoms with Crippen LogP contribution in [0.2, 0.25) is 0 Å². The molecule has 7 heteroatoms. The fourth-order valence-electron chi connectivity index (χ4n) is 2.71. The van der Waals surface area contributed by atoms with Crippen molar-refractivity contribution in [3.05, 3.63) is 59.7 Å². The molecule has 0 spiro atoms. The Morgan fingerprint density at radius 3 is 2.14 bits per heavy atom. The fourth-order valence-corrected chi connectivity index (χ4v) is 3.60. The third-order valence-electron chi connectivity index (χ3n) is 4.49. The number of hydrogen-bond acceptors (Lipinski definition) is 4. The van der Waals surface area contributed by atoms with Gasteiger partial charge in [0.25, 0.3) is 5.91 Å². The molecule has 0 heterocycles. The van der Waals surface area contributed by atoms with Gasteiger partial charge in [-0.05, 0) is 48.7 Å². The zero-order valence-electron chi connectivity index (χ0n) is 16.5. The Bertz CT molecular complexity index is 951. The van der Waals surface area contributed by atoms with Gasteiger partial charge < -0.3 is 10.6 Å². The van der Waals surface area contributed by atoms with Crippen LogP contribution >= 0.6 is 0 Å². The van der Waals surface area contributed by atoms with Crippen molar-refractivity contribution in [3.63, 3.8) is 0 Å². The van der Waals surface area contributed by atoms with Crippen LogP contribution in [0.25, 0.3) is 0 Å². The van der Waals surface area contributed by atoms with Crippen LogP contribution in [0.5, 0.6) is 0 Å². The van der Waals surface area contributed by atoms with E-state index in [-0.39, 0.29) is 28.4 Å². The number of aryl methyl sites for hydroxylation is 1. The molecule has 0 aliphatic carbocycles. The summed E-state index contributed by atoms with van der Waals surface area (Å²) >= 11 is 0. The van der Waals surface area contributed by atoms with Crippen LogP contribution in [0.4, 0.5) is 5.69 Å². The first-order valence-electron chi connectivity index (χ1n) is 9.16. The molecule has 0 fully saturated rings. The number of rotatable bonds is 7. The Morgan fingerprint density at radius 1 is 1.00 bits per heavy atom. The molecule has 150 valence electrons. The van der Waals surface area contributed by atoms with Gasteiger partial charge in [-0.15, -0.1) is 0 Å². The number of amides is 2. The quantitative estimate of drug-likeness (QED) is 0.744. The van der Waals surface area contributed by atoms with Crippen molar-refractivity contribution >= 4 is 27.3 Å². The van der Waals surface area contributed by atoms with Gasteiger partial charge in [0.2, 0.25) is 5.91 Å². The van der Waals surface area contributed by atoms with Gasteiger partial charge in [0.15, 0.2) is 9.84 Å². The van der Waals surface area contributed by atoms with E-state index in [2.05, 4.69) is 10.6 Å². The summed E-state index contributed by atoms with van der Waals surface area (Å²) in [5, 5.41) is 5.53. The summed E-state index contributed by atoms with van der Waals surface area (Å²) < 4.78 is 23.8. The minimum atomic E-state index is -3.29. The molecule has 6 nitrogen and oxygen atoms in total. The van der Waals surface area contributed by atoms with Crippen molar-refractivity contribution in [3.8, 4) is 0 Å². The van der Waals surface area contributed by atoms with E-state index in [1.165, 1.54) is 12.1 Å². The second-order valence-corrected chi connectivity index (χ2v) is 9.21. The van der Waals surface area contributed by atoms with Crippen molar-refractivity contribution in [2.24, 2.45) is 5.92 Å². The minimum absolute atomic E-state index is 0.0130. The van der Waals surface area contributed by atoms with Crippen LogP contribution in [0.3, 0.4) is 0 Å². The van der Waals surface area contributed by atoms with Gasteiger partial charge in [0, 0.05) is 11.3 Å². The average molecular weight is 403 g/mol. The maximum atomic E-state index is 12.7. The molecule has 2 aromatic carbocycles. The van der Waals surface area contributed by atoms with E-state index in [1.807, 2.05) is 32.9 Å². The van der Waals surface area contributed by atoms with Gasteiger partial charge in [-0.2, -0.15) is 0 Å². The second-order valence-electron chi connectivity index (χ2n) is 6.93. The van der Waals surface area contributed by atoms with Crippen LogP contribution in [0.15, 0.2) is 53.4 Å². The Morgan fingerprint density at radius 2 is 1.61 bits per heavy atom. The molecule has 0 saturated carbocycles. The van der Waals surface area contributed by atoms with Crippen molar-refractivity contribution < 1.29 is 18.0 Å². The predicted octanol–water partition coefficient (Wildman–Crippen LogP) is 3.18. The summed E-state index contributed by atoms with van der Waals surface area (Å²) in [6, 6.07) is 12.5. The van der Waals surface area contributed by atoms with Gasteiger partial charge in [-0.3, -0.25) is 9.59 Å². The molecular weight excluding hydrogens is 376 g/mol. The van der Waals surface area contributed by atoms with E-state index in [0.29, 0.717) is 11.3 Å². The molecular formula is C21H26N2O4S. The van der Waals surface area contributed by atoms with Crippen molar-refractivity contribution in [1.82, 2.24) is 5.32 Å². The number of carbonyl (C=O) groups excluding carboxylic acids is 2. The molecule has 28 heavy (non-hydrogen) atoms.